The van der Waals surface area contributed by atoms with Gasteiger partial charge in [0.25, 0.3) is 0 Å². The number of ketones is 1. The van der Waals surface area contributed by atoms with Gasteiger partial charge in [0.1, 0.15) is 11.6 Å². The fourth-order valence-corrected chi connectivity index (χ4v) is 4.50. The number of carboxylic acid groups (broad SMARTS) is 1. The summed E-state index contributed by atoms with van der Waals surface area (Å²) >= 11 is 2.90. The Morgan fingerprint density at radius 2 is 1.81 bits per heavy atom. The number of carbonyl (C=O) groups is 3. The first kappa shape index (κ1) is 25.8. The fraction of sp³-hybridized carbons (Fsp3) is 0.500. The molecule has 2 rings (SSSR count). The summed E-state index contributed by atoms with van der Waals surface area (Å²) in [5, 5.41) is 21.0. The molecule has 32 heavy (non-hydrogen) atoms. The summed E-state index contributed by atoms with van der Waals surface area (Å²) in [6.45, 7) is 6.10. The minimum absolute atomic E-state index is 0.0101. The highest BCUT2D eigenvalue weighted by molar-refractivity contribution is 7.12. The van der Waals surface area contributed by atoms with E-state index in [1.807, 2.05) is 29.0 Å². The molecule has 0 saturated heterocycles. The van der Waals surface area contributed by atoms with Gasteiger partial charge in [-0.15, -0.1) is 22.7 Å². The molecule has 0 fully saturated rings. The zero-order valence-corrected chi connectivity index (χ0v) is 20.2. The summed E-state index contributed by atoms with van der Waals surface area (Å²) in [4.78, 5) is 37.6. The van der Waals surface area contributed by atoms with Crippen LogP contribution in [0, 0.1) is 0 Å². The predicted molar refractivity (Wildman–Crippen MR) is 127 cm³/mol. The molecule has 0 aliphatic carbocycles. The Kier molecular flexibility index (Phi) is 10.1. The molecule has 1 unspecified atom stereocenters. The summed E-state index contributed by atoms with van der Waals surface area (Å²) < 4.78 is 5.38. The van der Waals surface area contributed by atoms with Crippen LogP contribution in [0.5, 0.6) is 0 Å². The minimum atomic E-state index is -1.05. The third kappa shape index (κ3) is 9.37. The van der Waals surface area contributed by atoms with Gasteiger partial charge in [-0.05, 0) is 62.9 Å². The number of Topliss-reactive ketones (excluding diaryl/α,β-unsaturated/α-hetero) is 1. The maximum absolute atomic E-state index is 13.1. The van der Waals surface area contributed by atoms with Crippen molar-refractivity contribution in [2.45, 2.75) is 57.7 Å². The van der Waals surface area contributed by atoms with E-state index < -0.39 is 23.8 Å². The van der Waals surface area contributed by atoms with Crippen LogP contribution >= 0.6 is 22.7 Å². The lowest BCUT2D eigenvalue weighted by Crippen LogP contribution is -2.45. The van der Waals surface area contributed by atoms with Crippen LogP contribution in [0.2, 0.25) is 0 Å². The van der Waals surface area contributed by atoms with Crippen LogP contribution in [0.3, 0.4) is 0 Å². The van der Waals surface area contributed by atoms with E-state index in [4.69, 9.17) is 9.84 Å². The first-order valence-corrected chi connectivity index (χ1v) is 12.2. The van der Waals surface area contributed by atoms with Crippen molar-refractivity contribution in [3.8, 4) is 0 Å². The second kappa shape index (κ2) is 12.6. The first-order valence-electron chi connectivity index (χ1n) is 10.5. The van der Waals surface area contributed by atoms with Gasteiger partial charge < -0.3 is 25.8 Å². The molecular weight excluding hydrogens is 450 g/mol. The Bertz CT molecular complexity index is 848. The number of rotatable bonds is 12. The number of hydrogen-bond donors (Lipinski definition) is 4. The van der Waals surface area contributed by atoms with E-state index in [1.54, 1.807) is 26.8 Å². The molecule has 10 heteroatoms. The van der Waals surface area contributed by atoms with Crippen molar-refractivity contribution in [3.05, 3.63) is 44.8 Å². The van der Waals surface area contributed by atoms with Gasteiger partial charge in [-0.1, -0.05) is 12.1 Å². The predicted octanol–water partition coefficient (Wildman–Crippen LogP) is 4.65. The van der Waals surface area contributed by atoms with Crippen LogP contribution in [-0.2, 0) is 4.74 Å². The molecule has 0 spiro atoms. The Hall–Kier alpha value is -2.43. The standard InChI is InChI=1S/C22H31N3O5S2/c1-22(2,3)30-21(29)25-15(8-4-5-11-23-20(27)28)14-24-18(16-9-6-12-31-16)19(26)17-10-7-13-32-17/h6-7,9-10,12-13,15,18,23-24H,4-5,8,11,14H2,1-3H3,(H,25,29)(H,27,28)/t15-,18?/m0/s1. The molecule has 8 nitrogen and oxygen atoms in total. The van der Waals surface area contributed by atoms with Gasteiger partial charge in [-0.2, -0.15) is 0 Å². The van der Waals surface area contributed by atoms with Crippen LogP contribution < -0.4 is 16.0 Å². The van der Waals surface area contributed by atoms with E-state index in [-0.39, 0.29) is 11.8 Å². The average Bonchev–Trinajstić information content (AvgIpc) is 3.40. The maximum Gasteiger partial charge on any atom is 0.407 e. The molecule has 0 bridgehead atoms. The van der Waals surface area contributed by atoms with Crippen molar-refractivity contribution >= 4 is 40.6 Å². The number of unbranched alkanes of at least 4 members (excludes halogenated alkanes) is 1. The van der Waals surface area contributed by atoms with E-state index in [0.717, 1.165) is 4.88 Å². The second-order valence-corrected chi connectivity index (χ2v) is 10.2. The van der Waals surface area contributed by atoms with Crippen molar-refractivity contribution in [2.75, 3.05) is 13.1 Å². The van der Waals surface area contributed by atoms with Gasteiger partial charge in [0, 0.05) is 24.0 Å². The Balaban J connectivity index is 2.02. The average molecular weight is 482 g/mol. The van der Waals surface area contributed by atoms with Gasteiger partial charge >= 0.3 is 12.2 Å². The molecule has 0 aliphatic rings. The summed E-state index contributed by atoms with van der Waals surface area (Å²) in [6, 6.07) is 6.69. The topological polar surface area (TPSA) is 117 Å². The quantitative estimate of drug-likeness (QED) is 0.259. The van der Waals surface area contributed by atoms with Gasteiger partial charge in [-0.25, -0.2) is 9.59 Å². The first-order chi connectivity index (χ1) is 15.2. The Labute approximate surface area is 196 Å². The van der Waals surface area contributed by atoms with E-state index >= 15 is 0 Å². The summed E-state index contributed by atoms with van der Waals surface area (Å²) in [7, 11) is 0. The maximum atomic E-state index is 13.1. The van der Waals surface area contributed by atoms with Gasteiger partial charge in [0.2, 0.25) is 0 Å². The molecule has 4 N–H and O–H groups in total. The highest BCUT2D eigenvalue weighted by Gasteiger charge is 2.26. The van der Waals surface area contributed by atoms with Crippen LogP contribution in [0.1, 0.15) is 60.6 Å². The normalized spacial score (nSPS) is 13.2. The smallest absolute Gasteiger partial charge is 0.407 e. The summed E-state index contributed by atoms with van der Waals surface area (Å²) in [6.07, 6.45) is 0.371. The van der Waals surface area contributed by atoms with Gasteiger partial charge in [-0.3, -0.25) is 4.79 Å². The lowest BCUT2D eigenvalue weighted by Gasteiger charge is -2.25. The van der Waals surface area contributed by atoms with Crippen LogP contribution in [0.15, 0.2) is 35.0 Å². The second-order valence-electron chi connectivity index (χ2n) is 8.27. The van der Waals surface area contributed by atoms with Crippen molar-refractivity contribution < 1.29 is 24.2 Å². The van der Waals surface area contributed by atoms with Crippen LogP contribution in [-0.4, -0.2) is 47.8 Å². The number of alkyl carbamates (subject to hydrolysis) is 1. The molecule has 0 aliphatic heterocycles. The minimum Gasteiger partial charge on any atom is -0.465 e. The lowest BCUT2D eigenvalue weighted by atomic mass is 10.1. The number of carbonyl (C=O) groups excluding carboxylic acids is 2. The SMILES string of the molecule is CC(C)(C)OC(=O)N[C@@H](CCCCNC(=O)O)CNC(C(=O)c1cccs1)c1cccs1. The van der Waals surface area contributed by atoms with E-state index in [9.17, 15) is 14.4 Å². The fourth-order valence-electron chi connectivity index (χ4n) is 3.01. The van der Waals surface area contributed by atoms with Crippen molar-refractivity contribution in [3.63, 3.8) is 0 Å². The highest BCUT2D eigenvalue weighted by atomic mass is 32.1. The molecule has 0 radical (unpaired) electrons. The van der Waals surface area contributed by atoms with Gasteiger partial charge in [0.05, 0.1) is 4.88 Å². The van der Waals surface area contributed by atoms with Crippen LogP contribution in [0.4, 0.5) is 9.59 Å². The zero-order valence-electron chi connectivity index (χ0n) is 18.6. The van der Waals surface area contributed by atoms with Crippen LogP contribution in [0.25, 0.3) is 0 Å². The molecule has 2 atom stereocenters. The highest BCUT2D eigenvalue weighted by Crippen LogP contribution is 2.25. The monoisotopic (exact) mass is 481 g/mol. The van der Waals surface area contributed by atoms with E-state index in [0.29, 0.717) is 37.2 Å². The van der Waals surface area contributed by atoms with E-state index in [1.165, 1.54) is 22.7 Å². The molecule has 2 aromatic heterocycles. The molecule has 2 amide bonds. The molecule has 2 heterocycles. The number of ether oxygens (including phenoxy) is 1. The molecule has 2 aromatic rings. The van der Waals surface area contributed by atoms with Crippen molar-refractivity contribution in [1.82, 2.24) is 16.0 Å². The van der Waals surface area contributed by atoms with Gasteiger partial charge in [0.15, 0.2) is 5.78 Å². The third-order valence-electron chi connectivity index (χ3n) is 4.40. The number of thiophene rings is 2. The largest absolute Gasteiger partial charge is 0.465 e. The molecule has 0 saturated carbocycles. The number of amides is 2. The zero-order chi connectivity index (χ0) is 23.6. The molecular formula is C22H31N3O5S2. The summed E-state index contributed by atoms with van der Waals surface area (Å²) in [5.41, 5.74) is -0.623. The summed E-state index contributed by atoms with van der Waals surface area (Å²) in [5.74, 6) is -0.0101. The number of hydrogen-bond acceptors (Lipinski definition) is 7. The van der Waals surface area contributed by atoms with E-state index in [2.05, 4.69) is 16.0 Å². The Morgan fingerprint density at radius 3 is 2.41 bits per heavy atom. The Morgan fingerprint density at radius 1 is 1.09 bits per heavy atom. The molecule has 0 aromatic carbocycles. The number of nitrogens with one attached hydrogen (secondary N) is 3. The molecule has 176 valence electrons. The lowest BCUT2D eigenvalue weighted by molar-refractivity contribution is 0.0500. The van der Waals surface area contributed by atoms with Crippen molar-refractivity contribution in [1.29, 1.82) is 0 Å². The third-order valence-corrected chi connectivity index (χ3v) is 6.22. The van der Waals surface area contributed by atoms with Crippen molar-refractivity contribution in [2.24, 2.45) is 0 Å².